The number of ether oxygens (including phenoxy) is 1. The predicted octanol–water partition coefficient (Wildman–Crippen LogP) is 2.12. The highest BCUT2D eigenvalue weighted by molar-refractivity contribution is 7.96. The Morgan fingerprint density at radius 1 is 1.11 bits per heavy atom. The highest BCUT2D eigenvalue weighted by Gasteiger charge is 2.45. The first-order valence-corrected chi connectivity index (χ1v) is 12.5. The molecule has 0 amide bonds. The number of sulfone groups is 2. The van der Waals surface area contributed by atoms with Gasteiger partial charge in [0.05, 0.1) is 28.8 Å². The minimum atomic E-state index is -3.81. The molecule has 1 aliphatic heterocycles. The van der Waals surface area contributed by atoms with Crippen LogP contribution in [0.4, 0.5) is 0 Å². The Bertz CT molecular complexity index is 1040. The molecule has 0 aromatic heterocycles. The van der Waals surface area contributed by atoms with Crippen LogP contribution in [0.3, 0.4) is 0 Å². The Morgan fingerprint density at radius 3 is 2.46 bits per heavy atom. The maximum atomic E-state index is 13.0. The molecule has 3 rings (SSSR count). The van der Waals surface area contributed by atoms with E-state index >= 15 is 0 Å². The van der Waals surface area contributed by atoms with E-state index in [4.69, 9.17) is 16.3 Å². The van der Waals surface area contributed by atoms with Gasteiger partial charge in [-0.3, -0.25) is 0 Å². The van der Waals surface area contributed by atoms with Crippen molar-refractivity contribution in [2.75, 3.05) is 25.2 Å². The van der Waals surface area contributed by atoms with E-state index in [0.29, 0.717) is 18.0 Å². The highest BCUT2D eigenvalue weighted by Crippen LogP contribution is 2.27. The molecule has 2 aromatic carbocycles. The third-order valence-electron chi connectivity index (χ3n) is 4.83. The van der Waals surface area contributed by atoms with Crippen molar-refractivity contribution in [3.05, 3.63) is 59.1 Å². The number of para-hydroxylation sites is 1. The predicted molar refractivity (Wildman–Crippen MR) is 110 cm³/mol. The molecule has 0 saturated carbocycles. The van der Waals surface area contributed by atoms with Gasteiger partial charge in [-0.05, 0) is 48.9 Å². The Labute approximate surface area is 170 Å². The SMILES string of the molecule is COc1ccccc1CCN[C@H]1CS(=O)(=O)C[C@@H]1S(=O)(=O)c1ccc(Cl)cc1. The second-order valence-electron chi connectivity index (χ2n) is 6.74. The lowest BCUT2D eigenvalue weighted by Gasteiger charge is -2.20. The number of hydrogen-bond acceptors (Lipinski definition) is 6. The molecule has 0 radical (unpaired) electrons. The van der Waals surface area contributed by atoms with Gasteiger partial charge < -0.3 is 10.1 Å². The Balaban J connectivity index is 1.76. The number of hydrogen-bond donors (Lipinski definition) is 1. The summed E-state index contributed by atoms with van der Waals surface area (Å²) in [5, 5.41) is 2.52. The molecule has 0 bridgehead atoms. The third kappa shape index (κ3) is 4.68. The van der Waals surface area contributed by atoms with Crippen LogP contribution in [0.25, 0.3) is 0 Å². The normalized spacial score (nSPS) is 21.5. The molecule has 1 aliphatic rings. The summed E-state index contributed by atoms with van der Waals surface area (Å²) in [5.41, 5.74) is 0.968. The summed E-state index contributed by atoms with van der Waals surface area (Å²) in [5.74, 6) is 0.162. The van der Waals surface area contributed by atoms with E-state index in [1.54, 1.807) is 7.11 Å². The van der Waals surface area contributed by atoms with Crippen molar-refractivity contribution < 1.29 is 21.6 Å². The van der Waals surface area contributed by atoms with Gasteiger partial charge in [0.1, 0.15) is 5.75 Å². The van der Waals surface area contributed by atoms with Crippen LogP contribution in [0.2, 0.25) is 5.02 Å². The molecule has 2 atom stereocenters. The fourth-order valence-electron chi connectivity index (χ4n) is 3.41. The first-order valence-electron chi connectivity index (χ1n) is 8.78. The first kappa shape index (κ1) is 21.1. The Kier molecular flexibility index (Phi) is 6.34. The minimum absolute atomic E-state index is 0.0792. The van der Waals surface area contributed by atoms with Gasteiger partial charge in [0, 0.05) is 11.1 Å². The van der Waals surface area contributed by atoms with E-state index in [-0.39, 0.29) is 16.4 Å². The van der Waals surface area contributed by atoms with Crippen LogP contribution in [0.1, 0.15) is 5.56 Å². The molecular weight excluding hydrogens is 422 g/mol. The van der Waals surface area contributed by atoms with Crippen molar-refractivity contribution >= 4 is 31.3 Å². The second kappa shape index (κ2) is 8.41. The molecule has 152 valence electrons. The van der Waals surface area contributed by atoms with E-state index in [0.717, 1.165) is 11.3 Å². The summed E-state index contributed by atoms with van der Waals surface area (Å²) < 4.78 is 55.7. The van der Waals surface area contributed by atoms with Crippen molar-refractivity contribution in [2.45, 2.75) is 22.6 Å². The van der Waals surface area contributed by atoms with Crippen LogP contribution >= 0.6 is 11.6 Å². The van der Waals surface area contributed by atoms with Crippen LogP contribution in [0.5, 0.6) is 5.75 Å². The zero-order valence-electron chi connectivity index (χ0n) is 15.3. The summed E-state index contributed by atoms with van der Waals surface area (Å²) in [6, 6.07) is 12.7. The fraction of sp³-hybridized carbons (Fsp3) is 0.368. The lowest BCUT2D eigenvalue weighted by molar-refractivity contribution is 0.408. The lowest BCUT2D eigenvalue weighted by atomic mass is 10.1. The van der Waals surface area contributed by atoms with E-state index in [9.17, 15) is 16.8 Å². The molecular formula is C19H22ClNO5S2. The highest BCUT2D eigenvalue weighted by atomic mass is 35.5. The molecule has 1 saturated heterocycles. The van der Waals surface area contributed by atoms with Gasteiger partial charge in [0.2, 0.25) is 0 Å². The van der Waals surface area contributed by atoms with Gasteiger partial charge in [0.25, 0.3) is 0 Å². The molecule has 0 spiro atoms. The molecule has 0 unspecified atom stereocenters. The average Bonchev–Trinajstić information content (AvgIpc) is 2.98. The van der Waals surface area contributed by atoms with Gasteiger partial charge >= 0.3 is 0 Å². The number of methoxy groups -OCH3 is 1. The zero-order chi connectivity index (χ0) is 20.4. The van der Waals surface area contributed by atoms with Crippen molar-refractivity contribution in [2.24, 2.45) is 0 Å². The zero-order valence-corrected chi connectivity index (χ0v) is 17.7. The topological polar surface area (TPSA) is 89.5 Å². The van der Waals surface area contributed by atoms with Crippen LogP contribution < -0.4 is 10.1 Å². The van der Waals surface area contributed by atoms with Gasteiger partial charge in [-0.2, -0.15) is 0 Å². The van der Waals surface area contributed by atoms with Gasteiger partial charge in [-0.25, -0.2) is 16.8 Å². The number of rotatable bonds is 7. The summed E-state index contributed by atoms with van der Waals surface area (Å²) in [6.07, 6.45) is 0.592. The molecule has 6 nitrogen and oxygen atoms in total. The maximum Gasteiger partial charge on any atom is 0.183 e. The molecule has 2 aromatic rings. The van der Waals surface area contributed by atoms with Crippen LogP contribution in [0, 0.1) is 0 Å². The summed E-state index contributed by atoms with van der Waals surface area (Å²) >= 11 is 5.83. The van der Waals surface area contributed by atoms with Crippen LogP contribution in [-0.4, -0.2) is 53.3 Å². The summed E-state index contributed by atoms with van der Waals surface area (Å²) in [6.45, 7) is 0.438. The molecule has 1 N–H and O–H groups in total. The quantitative estimate of drug-likeness (QED) is 0.705. The smallest absolute Gasteiger partial charge is 0.183 e. The van der Waals surface area contributed by atoms with Crippen LogP contribution in [0.15, 0.2) is 53.4 Å². The van der Waals surface area contributed by atoms with E-state index < -0.39 is 31.0 Å². The van der Waals surface area contributed by atoms with Crippen molar-refractivity contribution in [1.29, 1.82) is 0 Å². The Morgan fingerprint density at radius 2 is 1.79 bits per heavy atom. The van der Waals surface area contributed by atoms with E-state index in [1.807, 2.05) is 24.3 Å². The lowest BCUT2D eigenvalue weighted by Crippen LogP contribution is -2.44. The maximum absolute atomic E-state index is 13.0. The van der Waals surface area contributed by atoms with Gasteiger partial charge in [0.15, 0.2) is 19.7 Å². The van der Waals surface area contributed by atoms with E-state index in [2.05, 4.69) is 5.32 Å². The number of benzene rings is 2. The van der Waals surface area contributed by atoms with E-state index in [1.165, 1.54) is 24.3 Å². The summed E-state index contributed by atoms with van der Waals surface area (Å²) in [4.78, 5) is 0.0792. The fourth-order valence-corrected chi connectivity index (χ4v) is 8.26. The molecule has 0 aliphatic carbocycles. The van der Waals surface area contributed by atoms with Gasteiger partial charge in [-0.15, -0.1) is 0 Å². The molecule has 1 fully saturated rings. The first-order chi connectivity index (χ1) is 13.2. The Hall–Kier alpha value is -1.61. The standard InChI is InChI=1S/C19H22ClNO5S2/c1-26-18-5-3-2-4-14(18)10-11-21-17-12-27(22,23)13-19(17)28(24,25)16-8-6-15(20)7-9-16/h2-9,17,19,21H,10-13H2,1H3/t17-,19-/m0/s1. The van der Waals surface area contributed by atoms with Crippen LogP contribution in [-0.2, 0) is 26.1 Å². The van der Waals surface area contributed by atoms with Gasteiger partial charge in [-0.1, -0.05) is 29.8 Å². The minimum Gasteiger partial charge on any atom is -0.496 e. The average molecular weight is 444 g/mol. The largest absolute Gasteiger partial charge is 0.496 e. The van der Waals surface area contributed by atoms with Crippen molar-refractivity contribution in [3.8, 4) is 5.75 Å². The molecule has 1 heterocycles. The summed E-state index contributed by atoms with van der Waals surface area (Å²) in [7, 11) is -5.66. The number of halogens is 1. The van der Waals surface area contributed by atoms with Crippen molar-refractivity contribution in [3.63, 3.8) is 0 Å². The van der Waals surface area contributed by atoms with Crippen molar-refractivity contribution in [1.82, 2.24) is 5.32 Å². The third-order valence-corrected chi connectivity index (χ3v) is 9.25. The molecule has 28 heavy (non-hydrogen) atoms. The second-order valence-corrected chi connectivity index (χ2v) is 11.5. The monoisotopic (exact) mass is 443 g/mol. The molecule has 9 heteroatoms. The number of nitrogens with one attached hydrogen (secondary N) is 1.